The number of nitrogens with zero attached hydrogens (tertiary/aromatic N) is 3. The summed E-state index contributed by atoms with van der Waals surface area (Å²) in [5.74, 6) is 0.0877. The second kappa shape index (κ2) is 6.51. The lowest BCUT2D eigenvalue weighted by Gasteiger charge is -2.12. The van der Waals surface area contributed by atoms with Crippen molar-refractivity contribution in [1.82, 2.24) is 15.0 Å². The minimum absolute atomic E-state index is 0.0989. The van der Waals surface area contributed by atoms with Crippen molar-refractivity contribution < 1.29 is 14.3 Å². The number of carbonyl (C=O) groups is 1. The Morgan fingerprint density at radius 2 is 1.82 bits per heavy atom. The first-order valence-electron chi connectivity index (χ1n) is 6.99. The quantitative estimate of drug-likeness (QED) is 0.789. The number of hydrogen-bond acceptors (Lipinski definition) is 6. The lowest BCUT2D eigenvalue weighted by molar-refractivity contribution is 0.102. The number of ketones is 1. The summed E-state index contributed by atoms with van der Waals surface area (Å²) in [6.45, 7) is 5.69. The van der Waals surface area contributed by atoms with Gasteiger partial charge in [0.25, 0.3) is 0 Å². The van der Waals surface area contributed by atoms with Gasteiger partial charge in [0.05, 0.1) is 14.2 Å². The van der Waals surface area contributed by atoms with Gasteiger partial charge in [0.15, 0.2) is 0 Å². The monoisotopic (exact) mass is 301 g/mol. The minimum Gasteiger partial charge on any atom is -0.481 e. The van der Waals surface area contributed by atoms with Crippen LogP contribution in [-0.4, -0.2) is 35.0 Å². The average Bonchev–Trinajstić information content (AvgIpc) is 2.51. The first kappa shape index (κ1) is 15.9. The van der Waals surface area contributed by atoms with Gasteiger partial charge in [-0.15, -0.1) is 0 Å². The molecule has 0 N–H and O–H groups in total. The number of pyridine rings is 1. The Hall–Kier alpha value is -2.50. The smallest absolute Gasteiger partial charge is 0.320 e. The zero-order valence-electron chi connectivity index (χ0n) is 13.4. The van der Waals surface area contributed by atoms with E-state index in [9.17, 15) is 4.79 Å². The van der Waals surface area contributed by atoms with Crippen molar-refractivity contribution >= 4 is 5.78 Å². The summed E-state index contributed by atoms with van der Waals surface area (Å²) in [6.07, 6.45) is 0.568. The molecular weight excluding hydrogens is 282 g/mol. The van der Waals surface area contributed by atoms with Crippen molar-refractivity contribution in [3.63, 3.8) is 0 Å². The molecule has 0 spiro atoms. The molecule has 0 aliphatic rings. The third-order valence-corrected chi connectivity index (χ3v) is 3.22. The molecule has 0 radical (unpaired) electrons. The molecule has 0 saturated carbocycles. The Bertz CT molecular complexity index is 694. The fourth-order valence-corrected chi connectivity index (χ4v) is 2.29. The van der Waals surface area contributed by atoms with Crippen molar-refractivity contribution in [3.05, 3.63) is 40.3 Å². The van der Waals surface area contributed by atoms with Gasteiger partial charge in [0.2, 0.25) is 11.7 Å². The van der Waals surface area contributed by atoms with Gasteiger partial charge >= 0.3 is 6.01 Å². The molecule has 2 rings (SSSR count). The molecule has 0 amide bonds. The molecule has 0 bridgehead atoms. The maximum Gasteiger partial charge on any atom is 0.320 e. The molecule has 0 fully saturated rings. The first-order chi connectivity index (χ1) is 10.5. The number of aryl methyl sites for hydroxylation is 2. The first-order valence-corrected chi connectivity index (χ1v) is 6.99. The van der Waals surface area contributed by atoms with E-state index in [1.54, 1.807) is 6.07 Å². The van der Waals surface area contributed by atoms with Gasteiger partial charge in [-0.25, -0.2) is 4.98 Å². The molecule has 0 aliphatic carbocycles. The van der Waals surface area contributed by atoms with Crippen LogP contribution in [0.3, 0.4) is 0 Å². The lowest BCUT2D eigenvalue weighted by Crippen LogP contribution is -2.14. The molecule has 116 valence electrons. The highest BCUT2D eigenvalue weighted by molar-refractivity contribution is 6.07. The van der Waals surface area contributed by atoms with Crippen molar-refractivity contribution in [2.24, 2.45) is 0 Å². The van der Waals surface area contributed by atoms with E-state index in [4.69, 9.17) is 9.47 Å². The van der Waals surface area contributed by atoms with E-state index in [-0.39, 0.29) is 17.5 Å². The molecule has 0 aromatic carbocycles. The summed E-state index contributed by atoms with van der Waals surface area (Å²) < 4.78 is 10.3. The van der Waals surface area contributed by atoms with Crippen LogP contribution in [-0.2, 0) is 6.42 Å². The Balaban J connectivity index is 2.61. The van der Waals surface area contributed by atoms with Crippen LogP contribution in [0.15, 0.2) is 12.1 Å². The zero-order valence-corrected chi connectivity index (χ0v) is 13.4. The van der Waals surface area contributed by atoms with Crippen LogP contribution >= 0.6 is 0 Å². The van der Waals surface area contributed by atoms with E-state index in [1.807, 2.05) is 26.8 Å². The van der Waals surface area contributed by atoms with E-state index in [0.717, 1.165) is 11.3 Å². The number of rotatable bonds is 5. The zero-order chi connectivity index (χ0) is 16.3. The summed E-state index contributed by atoms with van der Waals surface area (Å²) in [5.41, 5.74) is 3.03. The van der Waals surface area contributed by atoms with Gasteiger partial charge in [-0.3, -0.25) is 4.79 Å². The molecule has 0 saturated heterocycles. The highest BCUT2D eigenvalue weighted by atomic mass is 16.5. The van der Waals surface area contributed by atoms with E-state index in [2.05, 4.69) is 15.0 Å². The number of aromatic nitrogens is 3. The number of methoxy groups -OCH3 is 2. The molecule has 22 heavy (non-hydrogen) atoms. The predicted molar refractivity (Wildman–Crippen MR) is 81.7 cm³/mol. The normalized spacial score (nSPS) is 10.4. The third-order valence-electron chi connectivity index (χ3n) is 3.22. The third kappa shape index (κ3) is 3.05. The fraction of sp³-hybridized carbons (Fsp3) is 0.375. The van der Waals surface area contributed by atoms with Gasteiger partial charge < -0.3 is 9.47 Å². The number of hydrogen-bond donors (Lipinski definition) is 0. The van der Waals surface area contributed by atoms with Crippen molar-refractivity contribution in [3.8, 4) is 11.9 Å². The average molecular weight is 301 g/mol. The Morgan fingerprint density at radius 3 is 2.36 bits per heavy atom. The highest BCUT2D eigenvalue weighted by Crippen LogP contribution is 2.24. The molecule has 0 aliphatic heterocycles. The summed E-state index contributed by atoms with van der Waals surface area (Å²) in [5, 5.41) is 0. The number of carbonyl (C=O) groups excluding carboxylic acids is 1. The van der Waals surface area contributed by atoms with E-state index < -0.39 is 0 Å². The van der Waals surface area contributed by atoms with Gasteiger partial charge in [-0.2, -0.15) is 9.97 Å². The molecular formula is C16H19N3O3. The van der Waals surface area contributed by atoms with Crippen molar-refractivity contribution in [2.75, 3.05) is 14.2 Å². The van der Waals surface area contributed by atoms with E-state index in [1.165, 1.54) is 14.2 Å². The van der Waals surface area contributed by atoms with Gasteiger partial charge in [0, 0.05) is 11.3 Å². The van der Waals surface area contributed by atoms with Gasteiger partial charge in [-0.05, 0) is 38.0 Å². The van der Waals surface area contributed by atoms with Crippen LogP contribution in [0.25, 0.3) is 0 Å². The van der Waals surface area contributed by atoms with E-state index >= 15 is 0 Å². The Morgan fingerprint density at radius 1 is 1.09 bits per heavy atom. The maximum absolute atomic E-state index is 12.8. The van der Waals surface area contributed by atoms with Crippen LogP contribution in [0, 0.1) is 13.8 Å². The summed E-state index contributed by atoms with van der Waals surface area (Å²) in [7, 11) is 2.95. The van der Waals surface area contributed by atoms with Crippen LogP contribution in [0.1, 0.15) is 39.9 Å². The predicted octanol–water partition coefficient (Wildman–Crippen LogP) is 2.30. The summed E-state index contributed by atoms with van der Waals surface area (Å²) in [6, 6.07) is 3.76. The topological polar surface area (TPSA) is 74.2 Å². The molecule has 0 atom stereocenters. The van der Waals surface area contributed by atoms with Crippen molar-refractivity contribution in [2.45, 2.75) is 27.2 Å². The maximum atomic E-state index is 12.8. The van der Waals surface area contributed by atoms with Gasteiger partial charge in [-0.1, -0.05) is 6.92 Å². The second-order valence-electron chi connectivity index (χ2n) is 4.90. The Labute approximate surface area is 129 Å². The molecule has 6 heteroatoms. The summed E-state index contributed by atoms with van der Waals surface area (Å²) >= 11 is 0. The van der Waals surface area contributed by atoms with E-state index in [0.29, 0.717) is 23.6 Å². The largest absolute Gasteiger partial charge is 0.481 e. The minimum atomic E-state index is -0.261. The van der Waals surface area contributed by atoms with Crippen molar-refractivity contribution in [1.29, 1.82) is 0 Å². The molecule has 6 nitrogen and oxygen atoms in total. The van der Waals surface area contributed by atoms with Gasteiger partial charge in [0.1, 0.15) is 11.4 Å². The highest BCUT2D eigenvalue weighted by Gasteiger charge is 2.22. The van der Waals surface area contributed by atoms with Crippen LogP contribution in [0.4, 0.5) is 0 Å². The van der Waals surface area contributed by atoms with Crippen LogP contribution in [0.5, 0.6) is 11.9 Å². The second-order valence-corrected chi connectivity index (χ2v) is 4.90. The summed E-state index contributed by atoms with van der Waals surface area (Å²) in [4.78, 5) is 25.4. The molecule has 2 heterocycles. The van der Waals surface area contributed by atoms with Crippen LogP contribution < -0.4 is 9.47 Å². The van der Waals surface area contributed by atoms with Crippen LogP contribution in [0.2, 0.25) is 0 Å². The SMILES string of the molecule is CCc1c(OC)nc(OC)nc1C(=O)c1cc(C)cc(C)n1. The standard InChI is InChI=1S/C16H19N3O3/c1-6-11-13(18-16(22-5)19-15(11)21-4)14(20)12-8-9(2)7-10(3)17-12/h7-8H,6H2,1-5H3. The molecule has 2 aromatic rings. The molecule has 0 unspecified atom stereocenters. The Kier molecular flexibility index (Phi) is 4.70. The molecule has 2 aromatic heterocycles. The fourth-order valence-electron chi connectivity index (χ4n) is 2.29. The lowest BCUT2D eigenvalue weighted by atomic mass is 10.1. The number of ether oxygens (including phenoxy) is 2.